The molecule has 2 N–H and O–H groups in total. The monoisotopic (exact) mass is 294 g/mol. The van der Waals surface area contributed by atoms with Crippen molar-refractivity contribution in [3.63, 3.8) is 0 Å². The van der Waals surface area contributed by atoms with Crippen LogP contribution in [0, 0.1) is 10.1 Å². The van der Waals surface area contributed by atoms with Gasteiger partial charge in [0.1, 0.15) is 0 Å². The van der Waals surface area contributed by atoms with E-state index in [0.29, 0.717) is 5.70 Å². The van der Waals surface area contributed by atoms with Crippen molar-refractivity contribution in [2.75, 3.05) is 0 Å². The normalized spacial score (nSPS) is 11.2. The van der Waals surface area contributed by atoms with Crippen LogP contribution in [0.1, 0.15) is 12.7 Å². The predicted molar refractivity (Wildman–Crippen MR) is 62.5 cm³/mol. The topological polar surface area (TPSA) is 181 Å². The Hall–Kier alpha value is -3.45. The number of hydrazine groups is 1. The van der Waals surface area contributed by atoms with Gasteiger partial charge in [0.2, 0.25) is 5.91 Å². The number of nitrogens with zero attached hydrogens (tertiary/aromatic N) is 9. The molecule has 0 saturated carbocycles. The van der Waals surface area contributed by atoms with Crippen LogP contribution in [0.15, 0.2) is 5.70 Å². The molecule has 0 aliphatic carbocycles. The van der Waals surface area contributed by atoms with Gasteiger partial charge in [0, 0.05) is 11.5 Å². The van der Waals surface area contributed by atoms with Gasteiger partial charge in [-0.15, -0.1) is 0 Å². The Kier molecular flexibility index (Phi) is 4.08. The van der Waals surface area contributed by atoms with Crippen LogP contribution in [-0.4, -0.2) is 46.6 Å². The van der Waals surface area contributed by atoms with Crippen LogP contribution in [0.4, 0.5) is 5.95 Å². The van der Waals surface area contributed by atoms with Gasteiger partial charge in [0.05, 0.1) is 28.0 Å². The van der Waals surface area contributed by atoms with E-state index in [1.54, 1.807) is 6.92 Å². The van der Waals surface area contributed by atoms with E-state index < -0.39 is 16.8 Å². The molecule has 2 aromatic heterocycles. The smallest absolute Gasteiger partial charge is 0.390 e. The molecule has 0 fully saturated rings. The van der Waals surface area contributed by atoms with Gasteiger partial charge in [-0.3, -0.25) is 20.5 Å². The number of hydrogen-bond acceptors (Lipinski definition) is 10. The first-order valence-electron chi connectivity index (χ1n) is 5.39. The molecule has 0 spiro atoms. The molecule has 0 unspecified atom stereocenters. The first-order chi connectivity index (χ1) is 10.0. The minimum absolute atomic E-state index is 0.0969. The molecule has 0 radical (unpaired) electrons. The maximum Gasteiger partial charge on any atom is 0.515 e. The van der Waals surface area contributed by atoms with Crippen LogP contribution >= 0.6 is 0 Å². The predicted octanol–water partition coefficient (Wildman–Crippen LogP) is -2.59. The first-order valence-corrected chi connectivity index (χ1v) is 5.39. The average Bonchev–Trinajstić information content (AvgIpc) is 3.08. The number of aromatic nitrogens is 8. The number of nitro groups is 1. The summed E-state index contributed by atoms with van der Waals surface area (Å²) >= 11 is 0. The highest BCUT2D eigenvalue weighted by Gasteiger charge is 2.13. The lowest BCUT2D eigenvalue weighted by molar-refractivity contribution is -0.394. The van der Waals surface area contributed by atoms with Crippen LogP contribution in [0.5, 0.6) is 0 Å². The highest BCUT2D eigenvalue weighted by molar-refractivity contribution is 5.77. The number of hydrogen-bond donors (Lipinski definition) is 2. The van der Waals surface area contributed by atoms with Crippen LogP contribution < -0.4 is 16.0 Å². The summed E-state index contributed by atoms with van der Waals surface area (Å²) in [6, 6.07) is 0. The maximum absolute atomic E-state index is 11.5. The molecule has 0 saturated heterocycles. The van der Waals surface area contributed by atoms with E-state index in [1.165, 1.54) is 6.20 Å². The third-order valence-corrected chi connectivity index (χ3v) is 1.97. The van der Waals surface area contributed by atoms with Gasteiger partial charge >= 0.3 is 5.95 Å². The van der Waals surface area contributed by atoms with Crippen molar-refractivity contribution in [3.05, 3.63) is 21.6 Å². The van der Waals surface area contributed by atoms with Crippen LogP contribution in [-0.2, 0) is 11.2 Å². The van der Waals surface area contributed by atoms with E-state index in [-0.39, 0.29) is 12.2 Å². The van der Waals surface area contributed by atoms with Crippen molar-refractivity contribution < 1.29 is 9.72 Å². The molecule has 2 rings (SSSR count). The van der Waals surface area contributed by atoms with E-state index in [1.807, 2.05) is 0 Å². The molecule has 2 aromatic rings. The maximum atomic E-state index is 11.5. The first kappa shape index (κ1) is 14.0. The Labute approximate surface area is 115 Å². The number of nitrogens with one attached hydrogen (secondary N) is 2. The van der Waals surface area contributed by atoms with Crippen molar-refractivity contribution in [1.29, 1.82) is 0 Å². The lowest BCUT2D eigenvalue weighted by atomic mass is 10.4. The average molecular weight is 294 g/mol. The van der Waals surface area contributed by atoms with E-state index in [2.05, 4.69) is 46.9 Å². The molecule has 0 aromatic carbocycles. The van der Waals surface area contributed by atoms with E-state index in [9.17, 15) is 14.9 Å². The zero-order chi connectivity index (χ0) is 15.2. The number of tetrazole rings is 2. The van der Waals surface area contributed by atoms with Gasteiger partial charge in [-0.05, 0) is 11.8 Å². The SMILES string of the molecule is CC(=Cn1nnc([N+](=O)[O-])n1)NNC(=O)Cc1nnn[n-]1. The molecule has 0 bridgehead atoms. The second-order valence-corrected chi connectivity index (χ2v) is 3.62. The summed E-state index contributed by atoms with van der Waals surface area (Å²) in [6.45, 7) is 1.58. The number of carbonyl (C=O) groups excluding carboxylic acids is 1. The second-order valence-electron chi connectivity index (χ2n) is 3.62. The number of carbonyl (C=O) groups is 1. The van der Waals surface area contributed by atoms with Crippen molar-refractivity contribution in [3.8, 4) is 0 Å². The third kappa shape index (κ3) is 4.01. The molecule has 14 nitrogen and oxygen atoms in total. The van der Waals surface area contributed by atoms with Gasteiger partial charge in [0.25, 0.3) is 0 Å². The quantitative estimate of drug-likeness (QED) is 0.421. The Morgan fingerprint density at radius 3 is 2.90 bits per heavy atom. The minimum Gasteiger partial charge on any atom is -0.390 e. The number of amides is 1. The number of rotatable bonds is 6. The zero-order valence-corrected chi connectivity index (χ0v) is 10.5. The van der Waals surface area contributed by atoms with E-state index in [0.717, 1.165) is 4.80 Å². The fourth-order valence-electron chi connectivity index (χ4n) is 1.14. The van der Waals surface area contributed by atoms with Crippen molar-refractivity contribution in [1.82, 2.24) is 51.7 Å². The summed E-state index contributed by atoms with van der Waals surface area (Å²) in [6.07, 6.45) is 1.20. The van der Waals surface area contributed by atoms with E-state index >= 15 is 0 Å². The number of allylic oxidation sites excluding steroid dienone is 1. The highest BCUT2D eigenvalue weighted by atomic mass is 16.6. The van der Waals surface area contributed by atoms with Gasteiger partial charge < -0.3 is 20.6 Å². The van der Waals surface area contributed by atoms with Gasteiger partial charge in [-0.1, -0.05) is 4.80 Å². The van der Waals surface area contributed by atoms with Crippen molar-refractivity contribution in [2.45, 2.75) is 13.3 Å². The molecular weight excluding hydrogens is 286 g/mol. The van der Waals surface area contributed by atoms with Gasteiger partial charge in [-0.2, -0.15) is 5.21 Å². The van der Waals surface area contributed by atoms with E-state index in [4.69, 9.17) is 0 Å². The Balaban J connectivity index is 1.85. The molecule has 21 heavy (non-hydrogen) atoms. The summed E-state index contributed by atoms with van der Waals surface area (Å²) in [5, 5.41) is 34.0. The minimum atomic E-state index is -0.774. The summed E-state index contributed by atoms with van der Waals surface area (Å²) in [5.74, 6) is -0.865. The molecule has 1 amide bonds. The summed E-state index contributed by atoms with van der Waals surface area (Å²) in [5.41, 5.74) is 5.32. The fourth-order valence-corrected chi connectivity index (χ4v) is 1.14. The van der Waals surface area contributed by atoms with Crippen molar-refractivity contribution in [2.24, 2.45) is 0 Å². The lowest BCUT2D eigenvalue weighted by Gasteiger charge is -2.07. The summed E-state index contributed by atoms with van der Waals surface area (Å²) < 4.78 is 0. The fraction of sp³-hybridized carbons (Fsp3) is 0.286. The van der Waals surface area contributed by atoms with Crippen LogP contribution in [0.3, 0.4) is 0 Å². The molecular formula is C7H8N11O3-. The van der Waals surface area contributed by atoms with Crippen molar-refractivity contribution >= 4 is 18.1 Å². The second kappa shape index (κ2) is 6.13. The standard InChI is InChI=1S/C7H9N11O3/c1-4(3-17-13-7(12-16-17)18(20)21)8-11-6(19)2-5-9-14-15-10-5/h3H,2H2,1H3,(H3,8,9,10,11,12,13,14,15,16,19)/p-1. The molecule has 0 atom stereocenters. The zero-order valence-electron chi connectivity index (χ0n) is 10.5. The largest absolute Gasteiger partial charge is 0.515 e. The molecule has 14 heteroatoms. The highest BCUT2D eigenvalue weighted by Crippen LogP contribution is 1.98. The Morgan fingerprint density at radius 1 is 1.48 bits per heavy atom. The van der Waals surface area contributed by atoms with Gasteiger partial charge in [0.15, 0.2) is 0 Å². The molecule has 0 aliphatic rings. The lowest BCUT2D eigenvalue weighted by Crippen LogP contribution is -2.37. The molecule has 110 valence electrons. The summed E-state index contributed by atoms with van der Waals surface area (Å²) in [4.78, 5) is 22.0. The molecule has 0 aliphatic heterocycles. The third-order valence-electron chi connectivity index (χ3n) is 1.97. The Morgan fingerprint density at radius 2 is 2.29 bits per heavy atom. The summed E-state index contributed by atoms with van der Waals surface area (Å²) in [7, 11) is 0. The molecule has 2 heterocycles. The Bertz CT molecular complexity index is 659. The van der Waals surface area contributed by atoms with Gasteiger partial charge in [-0.25, -0.2) is 0 Å². The van der Waals surface area contributed by atoms with Crippen LogP contribution in [0.2, 0.25) is 0 Å². The van der Waals surface area contributed by atoms with Crippen LogP contribution in [0.25, 0.3) is 6.20 Å².